The Bertz CT molecular complexity index is 804. The Morgan fingerprint density at radius 1 is 1.04 bits per heavy atom. The molecule has 0 saturated heterocycles. The highest BCUT2D eigenvalue weighted by molar-refractivity contribution is 6.30. The summed E-state index contributed by atoms with van der Waals surface area (Å²) in [4.78, 5) is 35.6. The topological polar surface area (TPSA) is 81.7 Å². The molecule has 0 radical (unpaired) electrons. The smallest absolute Gasteiger partial charge is 0.306 e. The molecule has 0 aliphatic carbocycles. The van der Waals surface area contributed by atoms with E-state index in [2.05, 4.69) is 5.32 Å². The maximum Gasteiger partial charge on any atom is 0.306 e. The average Bonchev–Trinajstić information content (AvgIpc) is 2.69. The number of carbonyl (C=O) groups is 3. The van der Waals surface area contributed by atoms with Crippen molar-refractivity contribution in [3.8, 4) is 5.75 Å². The van der Waals surface area contributed by atoms with Crippen molar-refractivity contribution in [2.24, 2.45) is 0 Å². The second-order valence-corrected chi connectivity index (χ2v) is 6.12. The molecule has 0 atom stereocenters. The lowest BCUT2D eigenvalue weighted by molar-refractivity contribution is -0.142. The van der Waals surface area contributed by atoms with Crippen molar-refractivity contribution < 1.29 is 23.9 Å². The van der Waals surface area contributed by atoms with Crippen molar-refractivity contribution in [1.82, 2.24) is 5.32 Å². The summed E-state index contributed by atoms with van der Waals surface area (Å²) < 4.78 is 10.0. The number of Topliss-reactive ketones (excluding diaryl/α,β-unsaturated/α-hetero) is 1. The van der Waals surface area contributed by atoms with Crippen molar-refractivity contribution in [2.75, 3.05) is 20.3 Å². The number of benzene rings is 2. The normalized spacial score (nSPS) is 10.1. The van der Waals surface area contributed by atoms with Crippen LogP contribution < -0.4 is 10.1 Å². The molecule has 2 aromatic carbocycles. The van der Waals surface area contributed by atoms with Gasteiger partial charge in [-0.3, -0.25) is 14.4 Å². The first-order chi connectivity index (χ1) is 13.0. The van der Waals surface area contributed by atoms with Gasteiger partial charge < -0.3 is 14.8 Å². The zero-order valence-electron chi connectivity index (χ0n) is 14.9. The van der Waals surface area contributed by atoms with Gasteiger partial charge in [-0.2, -0.15) is 0 Å². The highest BCUT2D eigenvalue weighted by Gasteiger charge is 2.11. The van der Waals surface area contributed by atoms with Crippen LogP contribution in [0, 0.1) is 0 Å². The Hall–Kier alpha value is -2.86. The number of hydrogen-bond donors (Lipinski definition) is 1. The van der Waals surface area contributed by atoms with Crippen LogP contribution in [-0.2, 0) is 9.53 Å². The number of ketones is 1. The summed E-state index contributed by atoms with van der Waals surface area (Å²) in [5.74, 6) is -0.484. The van der Waals surface area contributed by atoms with E-state index < -0.39 is 5.97 Å². The SMILES string of the molecule is COc1cccc(C(=O)COC(=O)CCCNC(=O)c2ccc(Cl)cc2)c1. The number of amides is 1. The van der Waals surface area contributed by atoms with Gasteiger partial charge in [0.15, 0.2) is 12.4 Å². The quantitative estimate of drug-likeness (QED) is 0.404. The van der Waals surface area contributed by atoms with Crippen LogP contribution in [0.2, 0.25) is 5.02 Å². The maximum atomic E-state index is 12.0. The van der Waals surface area contributed by atoms with Gasteiger partial charge in [0, 0.05) is 29.1 Å². The lowest BCUT2D eigenvalue weighted by Crippen LogP contribution is -2.25. The lowest BCUT2D eigenvalue weighted by Gasteiger charge is -2.07. The molecule has 0 aliphatic rings. The van der Waals surface area contributed by atoms with Gasteiger partial charge in [0.2, 0.25) is 0 Å². The molecule has 0 aromatic heterocycles. The van der Waals surface area contributed by atoms with E-state index in [1.807, 2.05) is 0 Å². The van der Waals surface area contributed by atoms with Crippen LogP contribution in [0.4, 0.5) is 0 Å². The monoisotopic (exact) mass is 389 g/mol. The van der Waals surface area contributed by atoms with Crippen LogP contribution in [-0.4, -0.2) is 37.9 Å². The van der Waals surface area contributed by atoms with Gasteiger partial charge in [-0.1, -0.05) is 23.7 Å². The first-order valence-electron chi connectivity index (χ1n) is 8.36. The van der Waals surface area contributed by atoms with Crippen LogP contribution in [0.3, 0.4) is 0 Å². The molecule has 0 heterocycles. The summed E-state index contributed by atoms with van der Waals surface area (Å²) in [5, 5.41) is 3.26. The van der Waals surface area contributed by atoms with E-state index in [-0.39, 0.29) is 24.7 Å². The molecule has 0 unspecified atom stereocenters. The van der Waals surface area contributed by atoms with Crippen molar-refractivity contribution in [3.05, 3.63) is 64.7 Å². The molecular weight excluding hydrogens is 370 g/mol. The zero-order valence-corrected chi connectivity index (χ0v) is 15.6. The zero-order chi connectivity index (χ0) is 19.6. The predicted octanol–water partition coefficient (Wildman–Crippen LogP) is 3.28. The van der Waals surface area contributed by atoms with Gasteiger partial charge in [0.1, 0.15) is 5.75 Å². The number of nitrogens with one attached hydrogen (secondary N) is 1. The first-order valence-corrected chi connectivity index (χ1v) is 8.74. The van der Waals surface area contributed by atoms with Crippen molar-refractivity contribution in [1.29, 1.82) is 0 Å². The predicted molar refractivity (Wildman–Crippen MR) is 101 cm³/mol. The molecule has 0 fully saturated rings. The first kappa shape index (κ1) is 20.5. The molecular formula is C20H20ClNO5. The van der Waals surface area contributed by atoms with Crippen LogP contribution in [0.5, 0.6) is 5.75 Å². The average molecular weight is 390 g/mol. The van der Waals surface area contributed by atoms with Gasteiger partial charge >= 0.3 is 5.97 Å². The minimum Gasteiger partial charge on any atom is -0.497 e. The number of carbonyl (C=O) groups excluding carboxylic acids is 3. The number of esters is 1. The van der Waals surface area contributed by atoms with Crippen LogP contribution >= 0.6 is 11.6 Å². The number of ether oxygens (including phenoxy) is 2. The largest absolute Gasteiger partial charge is 0.497 e. The summed E-state index contributed by atoms with van der Waals surface area (Å²) in [6.45, 7) is -0.0104. The maximum absolute atomic E-state index is 12.0. The Balaban J connectivity index is 1.66. The van der Waals surface area contributed by atoms with E-state index in [9.17, 15) is 14.4 Å². The fourth-order valence-electron chi connectivity index (χ4n) is 2.24. The molecule has 1 N–H and O–H groups in total. The summed E-state index contributed by atoms with van der Waals surface area (Å²) >= 11 is 5.77. The molecule has 0 aliphatic heterocycles. The molecule has 2 aromatic rings. The summed E-state index contributed by atoms with van der Waals surface area (Å²) in [5.41, 5.74) is 0.906. The minimum absolute atomic E-state index is 0.103. The van der Waals surface area contributed by atoms with Crippen LogP contribution in [0.1, 0.15) is 33.6 Å². The third-order valence-corrected chi connectivity index (χ3v) is 3.96. The van der Waals surface area contributed by atoms with Gasteiger partial charge in [-0.15, -0.1) is 0 Å². The molecule has 1 amide bonds. The van der Waals surface area contributed by atoms with Gasteiger partial charge in [-0.05, 0) is 42.8 Å². The molecule has 2 rings (SSSR count). The summed E-state index contributed by atoms with van der Waals surface area (Å²) in [6, 6.07) is 13.1. The molecule has 142 valence electrons. The summed E-state index contributed by atoms with van der Waals surface area (Å²) in [7, 11) is 1.51. The molecule has 0 bridgehead atoms. The Labute approximate surface area is 162 Å². The van der Waals surface area contributed by atoms with E-state index in [4.69, 9.17) is 21.1 Å². The van der Waals surface area contributed by atoms with E-state index in [0.29, 0.717) is 34.9 Å². The van der Waals surface area contributed by atoms with E-state index in [0.717, 1.165) is 0 Å². The number of halogens is 1. The number of hydrogen-bond acceptors (Lipinski definition) is 5. The van der Waals surface area contributed by atoms with E-state index in [1.165, 1.54) is 7.11 Å². The molecule has 7 heteroatoms. The molecule has 0 saturated carbocycles. The highest BCUT2D eigenvalue weighted by Crippen LogP contribution is 2.13. The third kappa shape index (κ3) is 6.75. The van der Waals surface area contributed by atoms with Crippen LogP contribution in [0.25, 0.3) is 0 Å². The minimum atomic E-state index is -0.494. The van der Waals surface area contributed by atoms with Crippen molar-refractivity contribution in [3.63, 3.8) is 0 Å². The molecule has 0 spiro atoms. The summed E-state index contributed by atoms with van der Waals surface area (Å²) in [6.07, 6.45) is 0.512. The number of rotatable bonds is 9. The third-order valence-electron chi connectivity index (χ3n) is 3.71. The Morgan fingerprint density at radius 3 is 2.48 bits per heavy atom. The van der Waals surface area contributed by atoms with Crippen molar-refractivity contribution >= 4 is 29.3 Å². The Kier molecular flexibility index (Phi) is 7.82. The van der Waals surface area contributed by atoms with Crippen molar-refractivity contribution in [2.45, 2.75) is 12.8 Å². The molecule has 6 nitrogen and oxygen atoms in total. The second-order valence-electron chi connectivity index (χ2n) is 5.68. The standard InChI is InChI=1S/C20H20ClNO5/c1-26-17-5-2-4-15(12-17)18(23)13-27-19(24)6-3-11-22-20(25)14-7-9-16(21)10-8-14/h2,4-5,7-10,12H,3,6,11,13H2,1H3,(H,22,25). The highest BCUT2D eigenvalue weighted by atomic mass is 35.5. The van der Waals surface area contributed by atoms with Gasteiger partial charge in [0.25, 0.3) is 5.91 Å². The second kappa shape index (κ2) is 10.3. The Morgan fingerprint density at radius 2 is 1.78 bits per heavy atom. The van der Waals surface area contributed by atoms with E-state index >= 15 is 0 Å². The molecule has 27 heavy (non-hydrogen) atoms. The van der Waals surface area contributed by atoms with E-state index in [1.54, 1.807) is 48.5 Å². The van der Waals surface area contributed by atoms with Gasteiger partial charge in [-0.25, -0.2) is 0 Å². The lowest BCUT2D eigenvalue weighted by atomic mass is 10.1. The van der Waals surface area contributed by atoms with Gasteiger partial charge in [0.05, 0.1) is 7.11 Å². The van der Waals surface area contributed by atoms with Crippen LogP contribution in [0.15, 0.2) is 48.5 Å². The fraction of sp³-hybridized carbons (Fsp3) is 0.250. The number of methoxy groups -OCH3 is 1. The fourth-order valence-corrected chi connectivity index (χ4v) is 2.36.